The third-order valence-electron chi connectivity index (χ3n) is 2.44. The van der Waals surface area contributed by atoms with Gasteiger partial charge in [-0.25, -0.2) is 0 Å². The number of carbonyl (C=O) groups is 1. The molecule has 0 aliphatic rings. The van der Waals surface area contributed by atoms with Crippen LogP contribution < -0.4 is 0 Å². The van der Waals surface area contributed by atoms with Crippen LogP contribution in [0.25, 0.3) is 11.3 Å². The van der Waals surface area contributed by atoms with Gasteiger partial charge in [0.15, 0.2) is 0 Å². The summed E-state index contributed by atoms with van der Waals surface area (Å²) >= 11 is 0. The summed E-state index contributed by atoms with van der Waals surface area (Å²) in [6.45, 7) is 3.74. The van der Waals surface area contributed by atoms with Crippen molar-refractivity contribution in [3.8, 4) is 11.3 Å². The standard InChI is InChI=1S/C13H14N2O/c1-3-13(16)15-12(9-10(2)14-15)11-7-5-4-6-8-11/h4-9H,3H2,1-2H3. The summed E-state index contributed by atoms with van der Waals surface area (Å²) in [7, 11) is 0. The Morgan fingerprint density at radius 1 is 1.31 bits per heavy atom. The number of carbonyl (C=O) groups excluding carboxylic acids is 1. The van der Waals surface area contributed by atoms with Crippen molar-refractivity contribution >= 4 is 5.91 Å². The van der Waals surface area contributed by atoms with Crippen molar-refractivity contribution in [2.75, 3.05) is 0 Å². The molecule has 16 heavy (non-hydrogen) atoms. The van der Waals surface area contributed by atoms with Crippen LogP contribution in [0.4, 0.5) is 0 Å². The molecule has 1 heterocycles. The number of hydrogen-bond donors (Lipinski definition) is 0. The Kier molecular flexibility index (Phi) is 2.86. The number of rotatable bonds is 2. The lowest BCUT2D eigenvalue weighted by atomic mass is 10.1. The number of nitrogens with zero attached hydrogens (tertiary/aromatic N) is 2. The Balaban J connectivity index is 2.53. The van der Waals surface area contributed by atoms with Gasteiger partial charge in [-0.1, -0.05) is 37.3 Å². The molecule has 3 heteroatoms. The summed E-state index contributed by atoms with van der Waals surface area (Å²) in [4.78, 5) is 11.7. The van der Waals surface area contributed by atoms with Crippen LogP contribution in [0.1, 0.15) is 23.8 Å². The van der Waals surface area contributed by atoms with Gasteiger partial charge in [-0.05, 0) is 13.0 Å². The molecule has 2 rings (SSSR count). The Morgan fingerprint density at radius 3 is 2.62 bits per heavy atom. The second-order valence-electron chi connectivity index (χ2n) is 3.70. The molecule has 3 nitrogen and oxygen atoms in total. The van der Waals surface area contributed by atoms with Gasteiger partial charge >= 0.3 is 0 Å². The highest BCUT2D eigenvalue weighted by molar-refractivity contribution is 5.83. The lowest BCUT2D eigenvalue weighted by Crippen LogP contribution is -2.12. The third-order valence-corrected chi connectivity index (χ3v) is 2.44. The minimum Gasteiger partial charge on any atom is -0.273 e. The first-order valence-corrected chi connectivity index (χ1v) is 5.37. The molecule has 82 valence electrons. The van der Waals surface area contributed by atoms with Crippen LogP contribution in [0.2, 0.25) is 0 Å². The topological polar surface area (TPSA) is 34.9 Å². The van der Waals surface area contributed by atoms with Crippen molar-refractivity contribution in [2.24, 2.45) is 0 Å². The Morgan fingerprint density at radius 2 is 2.00 bits per heavy atom. The predicted octanol–water partition coefficient (Wildman–Crippen LogP) is 2.91. The van der Waals surface area contributed by atoms with E-state index in [1.807, 2.05) is 50.2 Å². The zero-order valence-electron chi connectivity index (χ0n) is 9.47. The monoisotopic (exact) mass is 214 g/mol. The number of aromatic nitrogens is 2. The van der Waals surface area contributed by atoms with E-state index in [0.29, 0.717) is 6.42 Å². The highest BCUT2D eigenvalue weighted by Crippen LogP contribution is 2.20. The van der Waals surface area contributed by atoms with Crippen LogP contribution in [0.5, 0.6) is 0 Å². The van der Waals surface area contributed by atoms with E-state index in [-0.39, 0.29) is 5.91 Å². The van der Waals surface area contributed by atoms with Gasteiger partial charge in [0.2, 0.25) is 5.91 Å². The molecule has 0 saturated carbocycles. The molecule has 0 unspecified atom stereocenters. The quantitative estimate of drug-likeness (QED) is 0.770. The van der Waals surface area contributed by atoms with Crippen LogP contribution in [-0.4, -0.2) is 15.7 Å². The summed E-state index contributed by atoms with van der Waals surface area (Å²) in [5.41, 5.74) is 2.75. The molecular formula is C13H14N2O. The maximum atomic E-state index is 11.7. The van der Waals surface area contributed by atoms with Crippen molar-refractivity contribution in [1.29, 1.82) is 0 Å². The fraction of sp³-hybridized carbons (Fsp3) is 0.231. The lowest BCUT2D eigenvalue weighted by Gasteiger charge is -2.04. The largest absolute Gasteiger partial charge is 0.273 e. The molecule has 0 bridgehead atoms. The molecule has 0 atom stereocenters. The first-order chi connectivity index (χ1) is 7.72. The van der Waals surface area contributed by atoms with E-state index in [4.69, 9.17) is 0 Å². The van der Waals surface area contributed by atoms with Gasteiger partial charge in [0, 0.05) is 12.0 Å². The molecule has 0 saturated heterocycles. The van der Waals surface area contributed by atoms with E-state index in [1.54, 1.807) is 0 Å². The minimum absolute atomic E-state index is 0.0203. The number of hydrogen-bond acceptors (Lipinski definition) is 2. The van der Waals surface area contributed by atoms with Gasteiger partial charge in [0.05, 0.1) is 11.4 Å². The highest BCUT2D eigenvalue weighted by atomic mass is 16.2. The van der Waals surface area contributed by atoms with Crippen LogP contribution in [-0.2, 0) is 0 Å². The number of aryl methyl sites for hydroxylation is 1. The van der Waals surface area contributed by atoms with Crippen LogP contribution in [0, 0.1) is 6.92 Å². The van der Waals surface area contributed by atoms with E-state index in [0.717, 1.165) is 17.0 Å². The second-order valence-corrected chi connectivity index (χ2v) is 3.70. The van der Waals surface area contributed by atoms with Gasteiger partial charge in [-0.15, -0.1) is 0 Å². The van der Waals surface area contributed by atoms with Crippen LogP contribution >= 0.6 is 0 Å². The lowest BCUT2D eigenvalue weighted by molar-refractivity contribution is 0.0895. The number of benzene rings is 1. The summed E-state index contributed by atoms with van der Waals surface area (Å²) in [6, 6.07) is 11.8. The molecule has 0 fully saturated rings. The van der Waals surface area contributed by atoms with Crippen molar-refractivity contribution in [1.82, 2.24) is 9.78 Å². The van der Waals surface area contributed by atoms with Gasteiger partial charge in [0.25, 0.3) is 0 Å². The maximum Gasteiger partial charge on any atom is 0.247 e. The van der Waals surface area contributed by atoms with Crippen LogP contribution in [0.3, 0.4) is 0 Å². The molecule has 0 spiro atoms. The molecule has 2 aromatic rings. The molecular weight excluding hydrogens is 200 g/mol. The SMILES string of the molecule is CCC(=O)n1nc(C)cc1-c1ccccc1. The Hall–Kier alpha value is -1.90. The average Bonchev–Trinajstić information content (AvgIpc) is 2.71. The predicted molar refractivity (Wildman–Crippen MR) is 63.3 cm³/mol. The van der Waals surface area contributed by atoms with Gasteiger partial charge in [-0.2, -0.15) is 9.78 Å². The van der Waals surface area contributed by atoms with E-state index in [2.05, 4.69) is 5.10 Å². The van der Waals surface area contributed by atoms with Crippen molar-refractivity contribution in [2.45, 2.75) is 20.3 Å². The molecule has 1 aromatic carbocycles. The summed E-state index contributed by atoms with van der Waals surface area (Å²) in [5, 5.41) is 4.22. The molecule has 0 radical (unpaired) electrons. The van der Waals surface area contributed by atoms with Crippen molar-refractivity contribution in [3.05, 3.63) is 42.1 Å². The molecule has 0 amide bonds. The van der Waals surface area contributed by atoms with Crippen molar-refractivity contribution in [3.63, 3.8) is 0 Å². The van der Waals surface area contributed by atoms with Gasteiger partial charge < -0.3 is 0 Å². The summed E-state index contributed by atoms with van der Waals surface area (Å²) in [6.07, 6.45) is 0.459. The zero-order chi connectivity index (χ0) is 11.5. The molecule has 0 aliphatic heterocycles. The minimum atomic E-state index is 0.0203. The van der Waals surface area contributed by atoms with Gasteiger partial charge in [-0.3, -0.25) is 4.79 Å². The van der Waals surface area contributed by atoms with E-state index >= 15 is 0 Å². The molecule has 1 aromatic heterocycles. The normalized spacial score (nSPS) is 10.4. The summed E-state index contributed by atoms with van der Waals surface area (Å²) in [5.74, 6) is 0.0203. The smallest absolute Gasteiger partial charge is 0.247 e. The van der Waals surface area contributed by atoms with Gasteiger partial charge in [0.1, 0.15) is 0 Å². The first kappa shape index (κ1) is 10.6. The average molecular weight is 214 g/mol. The fourth-order valence-electron chi connectivity index (χ4n) is 1.65. The van der Waals surface area contributed by atoms with Crippen LogP contribution in [0.15, 0.2) is 36.4 Å². The zero-order valence-corrected chi connectivity index (χ0v) is 9.47. The van der Waals surface area contributed by atoms with E-state index in [1.165, 1.54) is 4.68 Å². The van der Waals surface area contributed by atoms with E-state index < -0.39 is 0 Å². The summed E-state index contributed by atoms with van der Waals surface area (Å²) < 4.78 is 1.49. The first-order valence-electron chi connectivity index (χ1n) is 5.37. The fourth-order valence-corrected chi connectivity index (χ4v) is 1.65. The highest BCUT2D eigenvalue weighted by Gasteiger charge is 2.12. The Labute approximate surface area is 94.7 Å². The molecule has 0 aliphatic carbocycles. The third kappa shape index (κ3) is 1.89. The molecule has 0 N–H and O–H groups in total. The van der Waals surface area contributed by atoms with Crippen molar-refractivity contribution < 1.29 is 4.79 Å². The maximum absolute atomic E-state index is 11.7. The second kappa shape index (κ2) is 4.31. The Bertz CT molecular complexity index is 500. The van der Waals surface area contributed by atoms with E-state index in [9.17, 15) is 4.79 Å².